The van der Waals surface area contributed by atoms with Crippen molar-refractivity contribution < 1.29 is 22.3 Å². The molecule has 20 heavy (non-hydrogen) atoms. The minimum atomic E-state index is -4.07. The van der Waals surface area contributed by atoms with Gasteiger partial charge in [-0.2, -0.15) is 0 Å². The first-order valence-corrected chi connectivity index (χ1v) is 7.91. The van der Waals surface area contributed by atoms with E-state index in [1.807, 2.05) is 6.92 Å². The number of unbranched alkanes of at least 4 members (excludes halogenated alkanes) is 1. The Morgan fingerprint density at radius 3 is 2.55 bits per heavy atom. The van der Waals surface area contributed by atoms with E-state index in [1.165, 1.54) is 0 Å². The molecule has 1 rings (SSSR count). The highest BCUT2D eigenvalue weighted by molar-refractivity contribution is 7.89. The molecule has 0 aliphatic rings. The second-order valence-electron chi connectivity index (χ2n) is 4.66. The molecule has 0 aliphatic carbocycles. The van der Waals surface area contributed by atoms with Gasteiger partial charge in [0.1, 0.15) is 10.7 Å². The van der Waals surface area contributed by atoms with Crippen LogP contribution in [-0.4, -0.2) is 19.6 Å². The van der Waals surface area contributed by atoms with Crippen LogP contribution in [0.15, 0.2) is 17.0 Å². The van der Waals surface area contributed by atoms with Crippen LogP contribution in [0.1, 0.15) is 38.7 Å². The van der Waals surface area contributed by atoms with Gasteiger partial charge in [0.05, 0.1) is 12.2 Å². The highest BCUT2D eigenvalue weighted by Crippen LogP contribution is 2.21. The largest absolute Gasteiger partial charge is 0.391 e. The van der Waals surface area contributed by atoms with Crippen LogP contribution < -0.4 is 4.72 Å². The van der Waals surface area contributed by atoms with Gasteiger partial charge >= 0.3 is 0 Å². The van der Waals surface area contributed by atoms with Crippen molar-refractivity contribution in [3.05, 3.63) is 29.3 Å². The molecule has 0 amide bonds. The molecule has 0 saturated heterocycles. The molecule has 0 spiro atoms. The molecule has 2 N–H and O–H groups in total. The lowest BCUT2D eigenvalue weighted by molar-refractivity contribution is 0.267. The molecule has 0 aromatic heterocycles. The summed E-state index contributed by atoms with van der Waals surface area (Å²) < 4.78 is 53.6. The monoisotopic (exact) mass is 307 g/mol. The number of rotatable bonds is 7. The molecule has 0 saturated carbocycles. The number of hydrogen-bond acceptors (Lipinski definition) is 3. The highest BCUT2D eigenvalue weighted by atomic mass is 32.2. The lowest BCUT2D eigenvalue weighted by Crippen LogP contribution is -2.33. The Balaban J connectivity index is 3.04. The van der Waals surface area contributed by atoms with Crippen molar-refractivity contribution >= 4 is 10.0 Å². The summed E-state index contributed by atoms with van der Waals surface area (Å²) in [5, 5.41) is 8.89. The fraction of sp³-hybridized carbons (Fsp3) is 0.538. The van der Waals surface area contributed by atoms with E-state index in [0.29, 0.717) is 6.42 Å². The van der Waals surface area contributed by atoms with Gasteiger partial charge < -0.3 is 5.11 Å². The maximum absolute atomic E-state index is 13.9. The fourth-order valence-electron chi connectivity index (χ4n) is 1.83. The predicted molar refractivity (Wildman–Crippen MR) is 71.6 cm³/mol. The van der Waals surface area contributed by atoms with E-state index in [2.05, 4.69) is 4.72 Å². The van der Waals surface area contributed by atoms with Crippen molar-refractivity contribution in [3.63, 3.8) is 0 Å². The highest BCUT2D eigenvalue weighted by Gasteiger charge is 2.24. The Morgan fingerprint density at radius 2 is 2.00 bits per heavy atom. The molecule has 7 heteroatoms. The van der Waals surface area contributed by atoms with Gasteiger partial charge in [-0.3, -0.25) is 0 Å². The molecule has 0 radical (unpaired) electrons. The summed E-state index contributed by atoms with van der Waals surface area (Å²) in [6.45, 7) is 2.77. The van der Waals surface area contributed by atoms with Gasteiger partial charge in [-0.25, -0.2) is 21.9 Å². The SMILES string of the molecule is CCCCC(C)NS(=O)(=O)c1ccc(F)c(CO)c1F. The Labute approximate surface area is 117 Å². The van der Waals surface area contributed by atoms with Gasteiger partial charge in [-0.05, 0) is 25.5 Å². The zero-order valence-corrected chi connectivity index (χ0v) is 12.3. The average molecular weight is 307 g/mol. The molecule has 1 unspecified atom stereocenters. The van der Waals surface area contributed by atoms with Crippen molar-refractivity contribution in [2.75, 3.05) is 0 Å². The van der Waals surface area contributed by atoms with Crippen LogP contribution in [0.25, 0.3) is 0 Å². The van der Waals surface area contributed by atoms with E-state index >= 15 is 0 Å². The first-order chi connectivity index (χ1) is 9.33. The van der Waals surface area contributed by atoms with E-state index in [-0.39, 0.29) is 6.04 Å². The average Bonchev–Trinajstić information content (AvgIpc) is 2.36. The molecule has 0 bridgehead atoms. The molecule has 4 nitrogen and oxygen atoms in total. The van der Waals surface area contributed by atoms with Crippen molar-refractivity contribution in [3.8, 4) is 0 Å². The summed E-state index contributed by atoms with van der Waals surface area (Å²) in [4.78, 5) is -0.647. The van der Waals surface area contributed by atoms with E-state index in [9.17, 15) is 17.2 Å². The van der Waals surface area contributed by atoms with Crippen LogP contribution in [0.4, 0.5) is 8.78 Å². The lowest BCUT2D eigenvalue weighted by atomic mass is 10.2. The van der Waals surface area contributed by atoms with Crippen molar-refractivity contribution in [1.82, 2.24) is 4.72 Å². The molecule has 0 fully saturated rings. The summed E-state index contributed by atoms with van der Waals surface area (Å²) in [6.07, 6.45) is 2.40. The summed E-state index contributed by atoms with van der Waals surface area (Å²) in [6, 6.07) is 1.35. The molecule has 0 aliphatic heterocycles. The van der Waals surface area contributed by atoms with Crippen LogP contribution in [-0.2, 0) is 16.6 Å². The van der Waals surface area contributed by atoms with E-state index in [0.717, 1.165) is 25.0 Å². The van der Waals surface area contributed by atoms with Gasteiger partial charge in [-0.15, -0.1) is 0 Å². The fourth-order valence-corrected chi connectivity index (χ4v) is 3.21. The molecular formula is C13H19F2NO3S. The zero-order chi connectivity index (χ0) is 15.3. The molecule has 1 aromatic carbocycles. The number of aliphatic hydroxyl groups excluding tert-OH is 1. The quantitative estimate of drug-likeness (QED) is 0.812. The molecule has 0 heterocycles. The minimum Gasteiger partial charge on any atom is -0.391 e. The number of aliphatic hydroxyl groups is 1. The standard InChI is InChI=1S/C13H19F2NO3S/c1-3-4-5-9(2)16-20(18,19)12-7-6-11(14)10(8-17)13(12)15/h6-7,9,16-17H,3-5,8H2,1-2H3. The summed E-state index contributed by atoms with van der Waals surface area (Å²) in [5.74, 6) is -2.22. The van der Waals surface area contributed by atoms with E-state index < -0.39 is 38.7 Å². The second-order valence-corrected chi connectivity index (χ2v) is 6.34. The second kappa shape index (κ2) is 7.10. The van der Waals surface area contributed by atoms with Gasteiger partial charge in [0.2, 0.25) is 10.0 Å². The normalized spacial score (nSPS) is 13.4. The van der Waals surface area contributed by atoms with Crippen LogP contribution in [0.5, 0.6) is 0 Å². The number of benzene rings is 1. The number of nitrogens with one attached hydrogen (secondary N) is 1. The Hall–Kier alpha value is -1.05. The van der Waals surface area contributed by atoms with Gasteiger partial charge in [0, 0.05) is 6.04 Å². The summed E-state index contributed by atoms with van der Waals surface area (Å²) >= 11 is 0. The minimum absolute atomic E-state index is 0.345. The van der Waals surface area contributed by atoms with Crippen molar-refractivity contribution in [2.24, 2.45) is 0 Å². The van der Waals surface area contributed by atoms with Crippen LogP contribution in [0.3, 0.4) is 0 Å². The first kappa shape index (κ1) is 17.0. The number of sulfonamides is 1. The topological polar surface area (TPSA) is 66.4 Å². The first-order valence-electron chi connectivity index (χ1n) is 6.43. The molecular weight excluding hydrogens is 288 g/mol. The smallest absolute Gasteiger partial charge is 0.243 e. The summed E-state index contributed by atoms with van der Waals surface area (Å²) in [7, 11) is -4.07. The van der Waals surface area contributed by atoms with Gasteiger partial charge in [-0.1, -0.05) is 19.8 Å². The van der Waals surface area contributed by atoms with Gasteiger partial charge in [0.25, 0.3) is 0 Å². The number of halogens is 2. The molecule has 1 atom stereocenters. The van der Waals surface area contributed by atoms with Crippen molar-refractivity contribution in [1.29, 1.82) is 0 Å². The Morgan fingerprint density at radius 1 is 1.35 bits per heavy atom. The van der Waals surface area contributed by atoms with E-state index in [1.54, 1.807) is 6.92 Å². The predicted octanol–water partition coefficient (Wildman–Crippen LogP) is 2.31. The zero-order valence-electron chi connectivity index (χ0n) is 11.5. The van der Waals surface area contributed by atoms with Crippen LogP contribution in [0, 0.1) is 11.6 Å². The van der Waals surface area contributed by atoms with E-state index in [4.69, 9.17) is 5.11 Å². The third-order valence-electron chi connectivity index (χ3n) is 2.95. The summed E-state index contributed by atoms with van der Waals surface area (Å²) in [5.41, 5.74) is -0.644. The lowest BCUT2D eigenvalue weighted by Gasteiger charge is -2.15. The molecule has 1 aromatic rings. The maximum atomic E-state index is 13.9. The van der Waals surface area contributed by atoms with Crippen LogP contribution >= 0.6 is 0 Å². The molecule has 114 valence electrons. The van der Waals surface area contributed by atoms with Crippen molar-refractivity contribution in [2.45, 2.75) is 50.7 Å². The number of hydrogen-bond donors (Lipinski definition) is 2. The van der Waals surface area contributed by atoms with Gasteiger partial charge in [0.15, 0.2) is 5.82 Å². The Kier molecular flexibility index (Phi) is 6.04. The third kappa shape index (κ3) is 3.97. The van der Waals surface area contributed by atoms with Crippen LogP contribution in [0.2, 0.25) is 0 Å². The Bertz CT molecular complexity index is 561. The maximum Gasteiger partial charge on any atom is 0.243 e. The third-order valence-corrected chi connectivity index (χ3v) is 4.55.